The number of allylic oxidation sites excluding steroid dienone is 1. The maximum Gasteiger partial charge on any atom is 0.412 e. The van der Waals surface area contributed by atoms with E-state index in [4.69, 9.17) is 14.7 Å². The van der Waals surface area contributed by atoms with Crippen molar-refractivity contribution in [1.82, 2.24) is 5.48 Å². The first-order valence-corrected chi connectivity index (χ1v) is 9.09. The Bertz CT molecular complexity index is 875. The summed E-state index contributed by atoms with van der Waals surface area (Å²) in [6, 6.07) is 12.3. The summed E-state index contributed by atoms with van der Waals surface area (Å²) in [7, 11) is 1.41. The second-order valence-electron chi connectivity index (χ2n) is 6.26. The molecule has 0 aliphatic rings. The topological polar surface area (TPSA) is 117 Å². The molecule has 0 aromatic heterocycles. The van der Waals surface area contributed by atoms with E-state index >= 15 is 0 Å². The van der Waals surface area contributed by atoms with Crippen molar-refractivity contribution in [2.75, 3.05) is 12.4 Å². The van der Waals surface area contributed by atoms with Crippen molar-refractivity contribution in [3.63, 3.8) is 0 Å². The summed E-state index contributed by atoms with van der Waals surface area (Å²) in [6.07, 6.45) is 0.883. The number of ether oxygens (including phenoxy) is 2. The van der Waals surface area contributed by atoms with Gasteiger partial charge in [0.15, 0.2) is 17.7 Å². The van der Waals surface area contributed by atoms with Crippen LogP contribution in [0.2, 0.25) is 0 Å². The van der Waals surface area contributed by atoms with Gasteiger partial charge >= 0.3 is 6.09 Å². The van der Waals surface area contributed by atoms with Crippen LogP contribution in [0, 0.1) is 5.82 Å². The number of hydrogen-bond donors (Lipinski definition) is 4. The average molecular weight is 418 g/mol. The van der Waals surface area contributed by atoms with Gasteiger partial charge in [-0.2, -0.15) is 0 Å². The van der Waals surface area contributed by atoms with E-state index in [0.717, 1.165) is 18.2 Å². The quantitative estimate of drug-likeness (QED) is 0.280. The standard InChI is InChI=1S/C21H23FN2O6/c1-29-18(9-5-6-10-19(26)24-28)20(14-11-12-17(25)16(22)13-14)30-21(27)23-15-7-3-2-4-8-15/h2-4,6-8,10-13,18,20,25,28H,5,9H2,1H3,(H,23,27)(H,24,26)/b10-6+/t18-,20-/m1/s1. The van der Waals surface area contributed by atoms with Gasteiger partial charge in [-0.1, -0.05) is 30.3 Å². The van der Waals surface area contributed by atoms with Gasteiger partial charge in [0, 0.05) is 18.9 Å². The molecular formula is C21H23FN2O6. The molecule has 160 valence electrons. The Kier molecular flexibility index (Phi) is 8.79. The molecule has 2 atom stereocenters. The third-order valence-electron chi connectivity index (χ3n) is 4.19. The van der Waals surface area contributed by atoms with Crippen molar-refractivity contribution in [3.8, 4) is 5.75 Å². The Balaban J connectivity index is 2.18. The lowest BCUT2D eigenvalue weighted by atomic mass is 10.00. The minimum absolute atomic E-state index is 0.289. The Morgan fingerprint density at radius 3 is 2.57 bits per heavy atom. The van der Waals surface area contributed by atoms with Crippen molar-refractivity contribution in [2.45, 2.75) is 25.0 Å². The van der Waals surface area contributed by atoms with Gasteiger partial charge in [-0.3, -0.25) is 15.3 Å². The molecule has 0 radical (unpaired) electrons. The number of rotatable bonds is 9. The number of carbonyl (C=O) groups is 2. The molecule has 4 N–H and O–H groups in total. The van der Waals surface area contributed by atoms with Crippen LogP contribution in [0.3, 0.4) is 0 Å². The minimum atomic E-state index is -0.992. The number of methoxy groups -OCH3 is 1. The number of halogens is 1. The number of carbonyl (C=O) groups excluding carboxylic acids is 2. The van der Waals surface area contributed by atoms with E-state index in [9.17, 15) is 19.1 Å². The molecule has 0 saturated carbocycles. The zero-order valence-electron chi connectivity index (χ0n) is 16.2. The molecule has 8 nitrogen and oxygen atoms in total. The lowest BCUT2D eigenvalue weighted by molar-refractivity contribution is -0.124. The summed E-state index contributed by atoms with van der Waals surface area (Å²) in [5, 5.41) is 20.5. The van der Waals surface area contributed by atoms with Crippen molar-refractivity contribution < 1.29 is 33.8 Å². The molecule has 9 heteroatoms. The van der Waals surface area contributed by atoms with Crippen LogP contribution in [0.4, 0.5) is 14.9 Å². The maximum atomic E-state index is 13.9. The fraction of sp³-hybridized carbons (Fsp3) is 0.238. The smallest absolute Gasteiger partial charge is 0.412 e. The number of amides is 2. The predicted molar refractivity (Wildman–Crippen MR) is 106 cm³/mol. The highest BCUT2D eigenvalue weighted by atomic mass is 19.1. The normalized spacial score (nSPS) is 12.9. The third-order valence-corrected chi connectivity index (χ3v) is 4.19. The first kappa shape index (κ1) is 22.9. The van der Waals surface area contributed by atoms with E-state index < -0.39 is 35.8 Å². The number of para-hydroxylation sites is 1. The van der Waals surface area contributed by atoms with Crippen molar-refractivity contribution in [1.29, 1.82) is 0 Å². The molecule has 30 heavy (non-hydrogen) atoms. The molecule has 0 aliphatic carbocycles. The summed E-state index contributed by atoms with van der Waals surface area (Å²) in [4.78, 5) is 23.4. The molecule has 0 saturated heterocycles. The van der Waals surface area contributed by atoms with Crippen LogP contribution in [0.15, 0.2) is 60.7 Å². The fourth-order valence-electron chi connectivity index (χ4n) is 2.72. The fourth-order valence-corrected chi connectivity index (χ4v) is 2.72. The van der Waals surface area contributed by atoms with Gasteiger partial charge in [0.1, 0.15) is 0 Å². The molecule has 2 aromatic rings. The van der Waals surface area contributed by atoms with Crippen molar-refractivity contribution >= 4 is 17.7 Å². The van der Waals surface area contributed by atoms with E-state index in [1.807, 2.05) is 0 Å². The second-order valence-corrected chi connectivity index (χ2v) is 6.26. The number of anilines is 1. The maximum absolute atomic E-state index is 13.9. The first-order valence-electron chi connectivity index (χ1n) is 9.09. The summed E-state index contributed by atoms with van der Waals surface area (Å²) in [6.45, 7) is 0. The Hall–Kier alpha value is -3.43. The van der Waals surface area contributed by atoms with Crippen molar-refractivity contribution in [3.05, 3.63) is 72.1 Å². The molecule has 0 heterocycles. The average Bonchev–Trinajstić information content (AvgIpc) is 2.75. The zero-order chi connectivity index (χ0) is 21.9. The number of hydrogen-bond acceptors (Lipinski definition) is 6. The van der Waals surface area contributed by atoms with Crippen LogP contribution in [0.25, 0.3) is 0 Å². The lowest BCUT2D eigenvalue weighted by Gasteiger charge is -2.26. The Morgan fingerprint density at radius 1 is 1.20 bits per heavy atom. The molecule has 0 fully saturated rings. The number of phenolic OH excluding ortho intramolecular Hbond substituents is 1. The van der Waals surface area contributed by atoms with Crippen LogP contribution < -0.4 is 10.8 Å². The SMILES string of the molecule is CO[C@H](CC/C=C/C(=O)NO)[C@H](OC(=O)Nc1ccccc1)c1ccc(O)c(F)c1. The monoisotopic (exact) mass is 418 g/mol. The molecule has 0 unspecified atom stereocenters. The highest BCUT2D eigenvalue weighted by molar-refractivity contribution is 5.86. The summed E-state index contributed by atoms with van der Waals surface area (Å²) in [5.41, 5.74) is 2.28. The molecule has 0 spiro atoms. The van der Waals surface area contributed by atoms with Gasteiger partial charge in [-0.15, -0.1) is 0 Å². The molecule has 2 aromatic carbocycles. The Labute approximate surface area is 172 Å². The first-order chi connectivity index (χ1) is 14.4. The number of aromatic hydroxyl groups is 1. The summed E-state index contributed by atoms with van der Waals surface area (Å²) < 4.78 is 24.9. The number of nitrogens with one attached hydrogen (secondary N) is 2. The van der Waals surface area contributed by atoms with E-state index in [-0.39, 0.29) is 5.56 Å². The van der Waals surface area contributed by atoms with E-state index in [0.29, 0.717) is 18.5 Å². The lowest BCUT2D eigenvalue weighted by Crippen LogP contribution is -2.28. The predicted octanol–water partition coefficient (Wildman–Crippen LogP) is 3.68. The zero-order valence-corrected chi connectivity index (χ0v) is 16.2. The molecule has 2 amide bonds. The van der Waals surface area contributed by atoms with Gasteiger partial charge in [0.05, 0.1) is 6.10 Å². The van der Waals surface area contributed by atoms with Gasteiger partial charge in [-0.05, 0) is 42.7 Å². The van der Waals surface area contributed by atoms with Crippen molar-refractivity contribution in [2.24, 2.45) is 0 Å². The summed E-state index contributed by atoms with van der Waals surface area (Å²) >= 11 is 0. The van der Waals surface area contributed by atoms with Crippen LogP contribution in [0.1, 0.15) is 24.5 Å². The van der Waals surface area contributed by atoms with Gasteiger partial charge in [-0.25, -0.2) is 14.7 Å². The van der Waals surface area contributed by atoms with Crippen LogP contribution in [-0.4, -0.2) is 35.5 Å². The van der Waals surface area contributed by atoms with Gasteiger partial charge in [0.25, 0.3) is 5.91 Å². The highest BCUT2D eigenvalue weighted by Crippen LogP contribution is 2.30. The molecule has 0 bridgehead atoms. The van der Waals surface area contributed by atoms with Gasteiger partial charge < -0.3 is 14.6 Å². The number of phenols is 1. The summed E-state index contributed by atoms with van der Waals surface area (Å²) in [5.74, 6) is -2.07. The molecule has 2 rings (SSSR count). The Morgan fingerprint density at radius 2 is 1.93 bits per heavy atom. The third kappa shape index (κ3) is 6.87. The van der Waals surface area contributed by atoms with E-state index in [1.54, 1.807) is 30.3 Å². The largest absolute Gasteiger partial charge is 0.505 e. The number of hydroxylamine groups is 1. The van der Waals surface area contributed by atoms with E-state index in [1.165, 1.54) is 24.7 Å². The second kappa shape index (κ2) is 11.5. The number of benzene rings is 2. The molecule has 0 aliphatic heterocycles. The van der Waals surface area contributed by atoms with Crippen LogP contribution in [-0.2, 0) is 14.3 Å². The van der Waals surface area contributed by atoms with Crippen LogP contribution >= 0.6 is 0 Å². The van der Waals surface area contributed by atoms with Gasteiger partial charge in [0.2, 0.25) is 0 Å². The highest BCUT2D eigenvalue weighted by Gasteiger charge is 2.27. The molecular weight excluding hydrogens is 395 g/mol. The minimum Gasteiger partial charge on any atom is -0.505 e. The van der Waals surface area contributed by atoms with E-state index in [2.05, 4.69) is 5.32 Å². The van der Waals surface area contributed by atoms with Crippen LogP contribution in [0.5, 0.6) is 5.75 Å².